The standard InChI is InChI=1S/C37H51N6O11P/c1-7-8-20-51-36(48)42-18-16-41(17-19-42)33(45)29(23-55(49)54-37(52-34(46)24(2)3)53-35(47)25(4)5)39-32(44)28-21-30(43-15-14-27(22-43)50-6)40-31(38-28)26-12-10-9-11-13-26/h9-13,21,23-25,27,29,37H,7-8,14-20,22H2,1-6H3,(H,39,44)/t27-,29-/m0/s1. The highest BCUT2D eigenvalue weighted by Crippen LogP contribution is 2.25. The van der Waals surface area contributed by atoms with E-state index in [4.69, 9.17) is 28.5 Å². The Labute approximate surface area is 322 Å². The molecule has 2 fully saturated rings. The molecular formula is C37H51N6O11P. The first-order chi connectivity index (χ1) is 26.3. The van der Waals surface area contributed by atoms with Gasteiger partial charge in [-0.25, -0.2) is 14.8 Å². The summed E-state index contributed by atoms with van der Waals surface area (Å²) in [5, 5.41) is 2.63. The third kappa shape index (κ3) is 12.7. The minimum absolute atomic E-state index is 0.0255. The summed E-state index contributed by atoms with van der Waals surface area (Å²) in [7, 11) is -1.40. The number of esters is 2. The fourth-order valence-electron chi connectivity index (χ4n) is 5.41. The number of methoxy groups -OCH3 is 1. The number of aromatic nitrogens is 2. The van der Waals surface area contributed by atoms with Gasteiger partial charge < -0.3 is 43.9 Å². The number of rotatable bonds is 16. The third-order valence-corrected chi connectivity index (χ3v) is 9.66. The molecule has 4 rings (SSSR count). The molecule has 2 aliphatic rings. The van der Waals surface area contributed by atoms with E-state index in [9.17, 15) is 28.9 Å². The van der Waals surface area contributed by atoms with Crippen molar-refractivity contribution >= 4 is 49.5 Å². The largest absolute Gasteiger partial charge is 0.603 e. The number of carbonyl (C=O) groups is 5. The topological polar surface area (TPSA) is 202 Å². The lowest BCUT2D eigenvalue weighted by atomic mass is 10.2. The number of ether oxygens (including phenoxy) is 4. The zero-order chi connectivity index (χ0) is 40.1. The van der Waals surface area contributed by atoms with Crippen LogP contribution in [0.2, 0.25) is 0 Å². The maximum absolute atomic E-state index is 14.1. The second-order valence-corrected chi connectivity index (χ2v) is 14.7. The van der Waals surface area contributed by atoms with Gasteiger partial charge in [-0.2, -0.15) is 0 Å². The van der Waals surface area contributed by atoms with Crippen molar-refractivity contribution in [3.63, 3.8) is 0 Å². The predicted octanol–water partition coefficient (Wildman–Crippen LogP) is 2.72. The molecule has 1 unspecified atom stereocenters. The van der Waals surface area contributed by atoms with Crippen LogP contribution in [-0.2, 0) is 37.9 Å². The lowest BCUT2D eigenvalue weighted by Gasteiger charge is -2.35. The van der Waals surface area contributed by atoms with E-state index >= 15 is 0 Å². The van der Waals surface area contributed by atoms with Gasteiger partial charge in [0, 0.05) is 58.0 Å². The molecule has 0 bridgehead atoms. The van der Waals surface area contributed by atoms with Gasteiger partial charge in [0.05, 0.1) is 24.5 Å². The Morgan fingerprint density at radius 2 is 1.58 bits per heavy atom. The van der Waals surface area contributed by atoms with E-state index in [0.29, 0.717) is 24.5 Å². The number of nitrogens with zero attached hydrogens (tertiary/aromatic N) is 5. The SMILES string of the molecule is CCCCOC(=O)N1CCN(C(=O)[C@H](/C=[P+](\[O-])OC(OC(=O)C(C)C)OC(=O)C(C)C)NC(=O)c2cc(N3CC[C@H](OC)C3)nc(-c3ccccc3)n2)CC1. The van der Waals surface area contributed by atoms with Gasteiger partial charge in [0.2, 0.25) is 8.00 Å². The van der Waals surface area contributed by atoms with E-state index in [0.717, 1.165) is 25.1 Å². The monoisotopic (exact) mass is 786 g/mol. The average Bonchev–Trinajstić information content (AvgIpc) is 3.67. The van der Waals surface area contributed by atoms with Crippen LogP contribution in [-0.4, -0.2) is 127 Å². The van der Waals surface area contributed by atoms with Crippen LogP contribution in [0.1, 0.15) is 64.4 Å². The summed E-state index contributed by atoms with van der Waals surface area (Å²) in [6.45, 7) is 8.12. The van der Waals surface area contributed by atoms with Gasteiger partial charge in [-0.15, -0.1) is 0 Å². The summed E-state index contributed by atoms with van der Waals surface area (Å²) in [6.07, 6.45) is 1.83. The summed E-state index contributed by atoms with van der Waals surface area (Å²) in [4.78, 5) is 93.1. The molecule has 17 nitrogen and oxygen atoms in total. The summed E-state index contributed by atoms with van der Waals surface area (Å²) in [6, 6.07) is 9.02. The highest BCUT2D eigenvalue weighted by atomic mass is 31.1. The molecule has 3 amide bonds. The van der Waals surface area contributed by atoms with Crippen molar-refractivity contribution < 1.29 is 52.3 Å². The van der Waals surface area contributed by atoms with Crippen molar-refractivity contribution in [3.8, 4) is 11.4 Å². The van der Waals surface area contributed by atoms with Crippen LogP contribution in [0.3, 0.4) is 0 Å². The van der Waals surface area contributed by atoms with E-state index < -0.39 is 62.2 Å². The number of benzene rings is 1. The van der Waals surface area contributed by atoms with Gasteiger partial charge in [-0.1, -0.05) is 75.9 Å². The van der Waals surface area contributed by atoms with Crippen LogP contribution in [0, 0.1) is 11.8 Å². The second-order valence-electron chi connectivity index (χ2n) is 13.6. The minimum atomic E-state index is -3.03. The van der Waals surface area contributed by atoms with Gasteiger partial charge in [0.25, 0.3) is 11.8 Å². The molecule has 3 heterocycles. The molecule has 0 saturated carbocycles. The molecule has 2 aliphatic heterocycles. The molecule has 0 spiro atoms. The maximum Gasteiger partial charge on any atom is 0.409 e. The quantitative estimate of drug-likeness (QED) is 0.113. The highest BCUT2D eigenvalue weighted by molar-refractivity contribution is 7.45. The van der Waals surface area contributed by atoms with Crippen molar-refractivity contribution in [1.82, 2.24) is 25.1 Å². The number of unbranched alkanes of at least 4 members (excludes halogenated alkanes) is 1. The molecule has 2 aromatic rings. The van der Waals surface area contributed by atoms with E-state index in [1.54, 1.807) is 46.9 Å². The van der Waals surface area contributed by atoms with E-state index in [-0.39, 0.29) is 50.4 Å². The Morgan fingerprint density at radius 3 is 2.16 bits per heavy atom. The summed E-state index contributed by atoms with van der Waals surface area (Å²) in [5.41, 5.74) is 0.585. The average molecular weight is 787 g/mol. The van der Waals surface area contributed by atoms with Gasteiger partial charge >= 0.3 is 24.5 Å². The number of hydrogen-bond donors (Lipinski definition) is 1. The lowest BCUT2D eigenvalue weighted by Crippen LogP contribution is -2.56. The minimum Gasteiger partial charge on any atom is -0.603 e. The van der Waals surface area contributed by atoms with Gasteiger partial charge in [-0.05, 0) is 12.8 Å². The highest BCUT2D eigenvalue weighted by Gasteiger charge is 2.34. The zero-order valence-corrected chi connectivity index (χ0v) is 33.1. The van der Waals surface area contributed by atoms with Gasteiger partial charge in [0.15, 0.2) is 11.9 Å². The van der Waals surface area contributed by atoms with Crippen LogP contribution in [0.15, 0.2) is 36.4 Å². The predicted molar refractivity (Wildman–Crippen MR) is 200 cm³/mol. The molecule has 3 atom stereocenters. The van der Waals surface area contributed by atoms with Crippen LogP contribution < -0.4 is 15.1 Å². The Hall–Kier alpha value is -4.70. The molecule has 1 aromatic carbocycles. The molecule has 55 heavy (non-hydrogen) atoms. The molecule has 0 aliphatic carbocycles. The number of piperazine rings is 1. The molecule has 1 N–H and O–H groups in total. The summed E-state index contributed by atoms with van der Waals surface area (Å²) >= 11 is 0. The number of nitrogens with one attached hydrogen (secondary N) is 1. The van der Waals surface area contributed by atoms with E-state index in [1.165, 1.54) is 15.9 Å². The molecule has 300 valence electrons. The summed E-state index contributed by atoms with van der Waals surface area (Å²) < 4.78 is 26.5. The fourth-order valence-corrected chi connectivity index (χ4v) is 6.18. The third-order valence-electron chi connectivity index (χ3n) is 8.73. The zero-order valence-electron chi connectivity index (χ0n) is 32.2. The van der Waals surface area contributed by atoms with Crippen molar-refractivity contribution in [1.29, 1.82) is 0 Å². The van der Waals surface area contributed by atoms with Crippen molar-refractivity contribution in [3.05, 3.63) is 42.1 Å². The first-order valence-electron chi connectivity index (χ1n) is 18.4. The summed E-state index contributed by atoms with van der Waals surface area (Å²) in [5.74, 6) is -2.62. The van der Waals surface area contributed by atoms with Crippen LogP contribution >= 0.6 is 8.00 Å². The maximum atomic E-state index is 14.1. The van der Waals surface area contributed by atoms with Crippen LogP contribution in [0.5, 0.6) is 0 Å². The Morgan fingerprint density at radius 1 is 0.945 bits per heavy atom. The first-order valence-corrected chi connectivity index (χ1v) is 19.7. The molecule has 0 radical (unpaired) electrons. The van der Waals surface area contributed by atoms with E-state index in [2.05, 4.69) is 10.3 Å². The Kier molecular flexibility index (Phi) is 16.3. The normalized spacial score (nSPS) is 16.7. The van der Waals surface area contributed by atoms with Crippen molar-refractivity contribution in [2.75, 3.05) is 57.9 Å². The molecule has 18 heteroatoms. The fraction of sp³-hybridized carbons (Fsp3) is 0.568. The second kappa shape index (κ2) is 20.8. The van der Waals surface area contributed by atoms with E-state index in [1.807, 2.05) is 30.0 Å². The first kappa shape index (κ1) is 43.0. The van der Waals surface area contributed by atoms with Crippen molar-refractivity contribution in [2.45, 2.75) is 72.5 Å². The van der Waals surface area contributed by atoms with Crippen LogP contribution in [0.25, 0.3) is 11.4 Å². The Bertz CT molecular complexity index is 1650. The molecule has 2 saturated heterocycles. The van der Waals surface area contributed by atoms with Gasteiger partial charge in [0.1, 0.15) is 17.3 Å². The Balaban J connectivity index is 1.64. The number of amides is 3. The van der Waals surface area contributed by atoms with Crippen molar-refractivity contribution in [2.24, 2.45) is 11.8 Å². The molecular weight excluding hydrogens is 735 g/mol. The number of hydrogen-bond acceptors (Lipinski definition) is 14. The van der Waals surface area contributed by atoms with Crippen LogP contribution in [0.4, 0.5) is 10.6 Å². The lowest BCUT2D eigenvalue weighted by molar-refractivity contribution is -0.256. The number of carbonyl (C=O) groups excluding carboxylic acids is 5. The number of anilines is 1. The smallest absolute Gasteiger partial charge is 0.409 e. The van der Waals surface area contributed by atoms with Gasteiger partial charge in [-0.3, -0.25) is 19.2 Å². The molecule has 1 aromatic heterocycles.